The maximum absolute atomic E-state index is 5.94. The first-order chi connectivity index (χ1) is 20.5. The highest BCUT2D eigenvalue weighted by molar-refractivity contribution is 5.95. The van der Waals surface area contributed by atoms with Gasteiger partial charge in [-0.25, -0.2) is 0 Å². The van der Waals surface area contributed by atoms with Gasteiger partial charge in [-0.05, 0) is 67.6 Å². The Kier molecular flexibility index (Phi) is 6.73. The van der Waals surface area contributed by atoms with Crippen LogP contribution >= 0.6 is 0 Å². The van der Waals surface area contributed by atoms with Crippen LogP contribution in [-0.2, 0) is 19.4 Å². The number of aromatic nitrogens is 1. The number of aryl methyl sites for hydroxylation is 5. The minimum atomic E-state index is 0.266. The number of nitrogens with zero attached hydrogens (tertiary/aromatic N) is 1. The molecule has 0 bridgehead atoms. The number of hydrogen-bond acceptors (Lipinski definition) is 4. The highest BCUT2D eigenvalue weighted by Crippen LogP contribution is 2.44. The summed E-state index contributed by atoms with van der Waals surface area (Å²) in [5, 5.41) is 2.26. The maximum atomic E-state index is 5.94. The SMILES string of the molecule is COc1ccc2c(CCC(c3ccc(C)cc3)c3ccc(C)cc3)c3[n+](cc2c1OC)CCc1cc2c(cc1-3)OCO2. The van der Waals surface area contributed by atoms with Gasteiger partial charge in [0, 0.05) is 23.3 Å². The second kappa shape index (κ2) is 10.7. The Morgan fingerprint density at radius 3 is 2.10 bits per heavy atom. The van der Waals surface area contributed by atoms with Crippen LogP contribution in [0.5, 0.6) is 23.0 Å². The summed E-state index contributed by atoms with van der Waals surface area (Å²) in [5.74, 6) is 3.44. The number of fused-ring (bicyclic) bond motifs is 5. The Balaban J connectivity index is 1.41. The molecular weight excluding hydrogens is 522 g/mol. The zero-order chi connectivity index (χ0) is 28.8. The van der Waals surface area contributed by atoms with Crippen molar-refractivity contribution in [3.05, 3.63) is 112 Å². The molecule has 0 amide bonds. The lowest BCUT2D eigenvalue weighted by atomic mass is 9.83. The topological polar surface area (TPSA) is 40.8 Å². The van der Waals surface area contributed by atoms with E-state index in [0.717, 1.165) is 54.2 Å². The van der Waals surface area contributed by atoms with Gasteiger partial charge < -0.3 is 18.9 Å². The van der Waals surface area contributed by atoms with Crippen molar-refractivity contribution >= 4 is 10.8 Å². The molecule has 5 nitrogen and oxygen atoms in total. The highest BCUT2D eigenvalue weighted by atomic mass is 16.7. The molecule has 0 saturated carbocycles. The third kappa shape index (κ3) is 4.53. The highest BCUT2D eigenvalue weighted by Gasteiger charge is 2.32. The van der Waals surface area contributed by atoms with Crippen molar-refractivity contribution in [2.45, 2.75) is 45.6 Å². The van der Waals surface area contributed by atoms with Crippen LogP contribution < -0.4 is 23.5 Å². The molecule has 0 fully saturated rings. The lowest BCUT2D eigenvalue weighted by Gasteiger charge is -2.23. The van der Waals surface area contributed by atoms with Crippen molar-refractivity contribution in [3.63, 3.8) is 0 Å². The number of ether oxygens (including phenoxy) is 4. The van der Waals surface area contributed by atoms with Crippen LogP contribution in [0.1, 0.15) is 45.7 Å². The van der Waals surface area contributed by atoms with Gasteiger partial charge in [-0.3, -0.25) is 0 Å². The predicted molar refractivity (Wildman–Crippen MR) is 165 cm³/mol. The normalized spacial score (nSPS) is 13.3. The molecule has 5 aromatic rings. The Morgan fingerprint density at radius 1 is 0.786 bits per heavy atom. The zero-order valence-electron chi connectivity index (χ0n) is 24.7. The Labute approximate surface area is 247 Å². The van der Waals surface area contributed by atoms with Crippen molar-refractivity contribution in [2.75, 3.05) is 21.0 Å². The number of benzene rings is 4. The van der Waals surface area contributed by atoms with Crippen LogP contribution in [0.3, 0.4) is 0 Å². The lowest BCUT2D eigenvalue weighted by molar-refractivity contribution is -0.686. The fraction of sp³-hybridized carbons (Fsp3) is 0.270. The van der Waals surface area contributed by atoms with Crippen molar-refractivity contribution in [1.29, 1.82) is 0 Å². The first-order valence-corrected chi connectivity index (χ1v) is 14.7. The summed E-state index contributed by atoms with van der Waals surface area (Å²) >= 11 is 0. The van der Waals surface area contributed by atoms with Gasteiger partial charge in [-0.1, -0.05) is 59.7 Å². The summed E-state index contributed by atoms with van der Waals surface area (Å²) in [7, 11) is 3.42. The van der Waals surface area contributed by atoms with E-state index < -0.39 is 0 Å². The molecule has 7 rings (SSSR count). The van der Waals surface area contributed by atoms with Gasteiger partial charge in [0.15, 0.2) is 35.7 Å². The van der Waals surface area contributed by atoms with E-state index in [2.05, 4.69) is 91.3 Å². The van der Waals surface area contributed by atoms with Crippen LogP contribution in [0.4, 0.5) is 0 Å². The van der Waals surface area contributed by atoms with Gasteiger partial charge in [0.25, 0.3) is 0 Å². The number of rotatable bonds is 7. The predicted octanol–water partition coefficient (Wildman–Crippen LogP) is 7.48. The zero-order valence-corrected chi connectivity index (χ0v) is 24.7. The van der Waals surface area contributed by atoms with Crippen molar-refractivity contribution in [3.8, 4) is 34.3 Å². The molecule has 42 heavy (non-hydrogen) atoms. The van der Waals surface area contributed by atoms with Crippen LogP contribution in [-0.4, -0.2) is 21.0 Å². The molecule has 0 atom stereocenters. The first kappa shape index (κ1) is 26.4. The van der Waals surface area contributed by atoms with E-state index in [1.54, 1.807) is 14.2 Å². The summed E-state index contributed by atoms with van der Waals surface area (Å²) in [6, 6.07) is 26.6. The number of methoxy groups -OCH3 is 2. The molecule has 1 aromatic heterocycles. The fourth-order valence-electron chi connectivity index (χ4n) is 6.67. The van der Waals surface area contributed by atoms with Crippen LogP contribution in [0.25, 0.3) is 22.0 Å². The van der Waals surface area contributed by atoms with Crippen LogP contribution in [0, 0.1) is 13.8 Å². The third-order valence-electron chi connectivity index (χ3n) is 8.89. The molecule has 0 aliphatic carbocycles. The van der Waals surface area contributed by atoms with Gasteiger partial charge in [0.05, 0.1) is 25.2 Å². The fourth-order valence-corrected chi connectivity index (χ4v) is 6.67. The molecule has 2 aliphatic heterocycles. The van der Waals surface area contributed by atoms with Gasteiger partial charge in [-0.2, -0.15) is 4.57 Å². The van der Waals surface area contributed by atoms with E-state index in [0.29, 0.717) is 0 Å². The second-order valence-electron chi connectivity index (χ2n) is 11.4. The number of pyridine rings is 1. The summed E-state index contributed by atoms with van der Waals surface area (Å²) < 4.78 is 25.6. The molecule has 5 heteroatoms. The largest absolute Gasteiger partial charge is 0.493 e. The molecule has 0 unspecified atom stereocenters. The molecule has 2 aliphatic rings. The molecule has 0 N–H and O–H groups in total. The molecule has 0 saturated heterocycles. The third-order valence-corrected chi connectivity index (χ3v) is 8.89. The minimum absolute atomic E-state index is 0.266. The molecule has 3 heterocycles. The summed E-state index contributed by atoms with van der Waals surface area (Å²) in [6.07, 6.45) is 5.02. The Morgan fingerprint density at radius 2 is 1.45 bits per heavy atom. The molecule has 0 spiro atoms. The minimum Gasteiger partial charge on any atom is -0.493 e. The van der Waals surface area contributed by atoms with Gasteiger partial charge in [-0.15, -0.1) is 0 Å². The quantitative estimate of drug-likeness (QED) is 0.194. The first-order valence-electron chi connectivity index (χ1n) is 14.7. The summed E-state index contributed by atoms with van der Waals surface area (Å²) in [4.78, 5) is 0. The monoisotopic (exact) mass is 558 g/mol. The average molecular weight is 559 g/mol. The summed E-state index contributed by atoms with van der Waals surface area (Å²) in [5.41, 5.74) is 10.3. The van der Waals surface area contributed by atoms with Crippen molar-refractivity contribution < 1.29 is 23.5 Å². The van der Waals surface area contributed by atoms with E-state index >= 15 is 0 Å². The second-order valence-corrected chi connectivity index (χ2v) is 11.4. The van der Waals surface area contributed by atoms with Gasteiger partial charge in [0.1, 0.15) is 0 Å². The van der Waals surface area contributed by atoms with Crippen molar-refractivity contribution in [2.24, 2.45) is 0 Å². The van der Waals surface area contributed by atoms with Crippen LogP contribution in [0.15, 0.2) is 79.0 Å². The molecule has 212 valence electrons. The lowest BCUT2D eigenvalue weighted by Crippen LogP contribution is -2.41. The molecule has 0 radical (unpaired) electrons. The van der Waals surface area contributed by atoms with Crippen molar-refractivity contribution in [1.82, 2.24) is 0 Å². The Bertz CT molecular complexity index is 1750. The standard InChI is InChI=1S/C37H36NO4/c1-23-5-9-25(10-6-23)28(26-11-7-24(2)8-12-26)13-14-30-29-15-16-33(39-3)37(40-4)32(29)21-38-18-17-27-19-34-35(42-22-41-34)20-31(27)36(30)38/h5-12,15-16,19-21,28H,13-14,17-18,22H2,1-4H3/q+1. The smallest absolute Gasteiger partial charge is 0.231 e. The summed E-state index contributed by atoms with van der Waals surface area (Å²) in [6.45, 7) is 5.45. The number of hydrogen-bond donors (Lipinski definition) is 0. The van der Waals surface area contributed by atoms with E-state index in [-0.39, 0.29) is 12.7 Å². The molecule has 4 aromatic carbocycles. The van der Waals surface area contributed by atoms with Gasteiger partial charge >= 0.3 is 0 Å². The van der Waals surface area contributed by atoms with E-state index in [1.807, 2.05) is 6.07 Å². The van der Waals surface area contributed by atoms with E-state index in [1.165, 1.54) is 50.0 Å². The maximum Gasteiger partial charge on any atom is 0.231 e. The average Bonchev–Trinajstić information content (AvgIpc) is 3.48. The molecular formula is C37H36NO4+. The van der Waals surface area contributed by atoms with E-state index in [4.69, 9.17) is 18.9 Å². The van der Waals surface area contributed by atoms with E-state index in [9.17, 15) is 0 Å². The van der Waals surface area contributed by atoms with Gasteiger partial charge in [0.2, 0.25) is 12.5 Å². The van der Waals surface area contributed by atoms with Crippen LogP contribution in [0.2, 0.25) is 0 Å². The Hall–Kier alpha value is -4.51.